The lowest BCUT2D eigenvalue weighted by Gasteiger charge is -2.07. The summed E-state index contributed by atoms with van der Waals surface area (Å²) in [6.45, 7) is 0.123. The van der Waals surface area contributed by atoms with E-state index in [2.05, 4.69) is 20.3 Å². The molecule has 3 aromatic rings. The van der Waals surface area contributed by atoms with Crippen LogP contribution in [0.5, 0.6) is 0 Å². The number of halogens is 1. The molecule has 0 aliphatic rings. The van der Waals surface area contributed by atoms with Crippen molar-refractivity contribution < 1.29 is 9.18 Å². The zero-order valence-corrected chi connectivity index (χ0v) is 13.9. The molecule has 0 saturated carbocycles. The molecule has 0 unspecified atom stereocenters. The van der Waals surface area contributed by atoms with Crippen LogP contribution in [0.3, 0.4) is 0 Å². The van der Waals surface area contributed by atoms with Crippen molar-refractivity contribution in [1.82, 2.24) is 20.3 Å². The van der Waals surface area contributed by atoms with Crippen LogP contribution < -0.4 is 10.9 Å². The van der Waals surface area contributed by atoms with Gasteiger partial charge in [-0.2, -0.15) is 0 Å². The Hall–Kier alpha value is -3.35. The maximum Gasteiger partial charge on any atom is 0.251 e. The zero-order chi connectivity index (χ0) is 18.4. The van der Waals surface area contributed by atoms with E-state index in [0.29, 0.717) is 23.5 Å². The normalized spacial score (nSPS) is 10.5. The van der Waals surface area contributed by atoms with Gasteiger partial charge in [0.15, 0.2) is 0 Å². The van der Waals surface area contributed by atoms with Crippen molar-refractivity contribution in [1.29, 1.82) is 0 Å². The molecule has 2 heterocycles. The highest BCUT2D eigenvalue weighted by Gasteiger charge is 2.08. The second kappa shape index (κ2) is 8.15. The molecule has 0 fully saturated rings. The lowest BCUT2D eigenvalue weighted by molar-refractivity contribution is -0.121. The minimum absolute atomic E-state index is 0.123. The van der Waals surface area contributed by atoms with Crippen LogP contribution in [0.15, 0.2) is 59.7 Å². The van der Waals surface area contributed by atoms with E-state index in [9.17, 15) is 14.0 Å². The van der Waals surface area contributed by atoms with Gasteiger partial charge in [-0.15, -0.1) is 0 Å². The molecule has 1 amide bonds. The van der Waals surface area contributed by atoms with Crippen LogP contribution in [0.25, 0.3) is 11.4 Å². The van der Waals surface area contributed by atoms with E-state index in [4.69, 9.17) is 0 Å². The number of rotatable bonds is 6. The zero-order valence-electron chi connectivity index (χ0n) is 13.9. The van der Waals surface area contributed by atoms with Crippen molar-refractivity contribution in [3.8, 4) is 11.4 Å². The van der Waals surface area contributed by atoms with Crippen molar-refractivity contribution in [2.45, 2.75) is 19.4 Å². The monoisotopic (exact) mass is 352 g/mol. The second-order valence-electron chi connectivity index (χ2n) is 5.69. The molecule has 0 radical (unpaired) electrons. The Balaban J connectivity index is 1.61. The van der Waals surface area contributed by atoms with E-state index in [0.717, 1.165) is 5.56 Å². The first-order valence-electron chi connectivity index (χ1n) is 8.12. The minimum Gasteiger partial charge on any atom is -0.350 e. The average molecular weight is 352 g/mol. The molecule has 1 aromatic carbocycles. The molecule has 0 aliphatic heterocycles. The van der Waals surface area contributed by atoms with Gasteiger partial charge in [-0.25, -0.2) is 9.37 Å². The van der Waals surface area contributed by atoms with E-state index in [-0.39, 0.29) is 30.2 Å². The van der Waals surface area contributed by atoms with Gasteiger partial charge in [-0.1, -0.05) is 18.2 Å². The van der Waals surface area contributed by atoms with Gasteiger partial charge in [0, 0.05) is 30.4 Å². The largest absolute Gasteiger partial charge is 0.350 e. The molecule has 0 spiro atoms. The van der Waals surface area contributed by atoms with Crippen LogP contribution in [0, 0.1) is 5.82 Å². The summed E-state index contributed by atoms with van der Waals surface area (Å²) >= 11 is 0. The second-order valence-corrected chi connectivity index (χ2v) is 5.69. The van der Waals surface area contributed by atoms with Gasteiger partial charge in [0.1, 0.15) is 11.6 Å². The fraction of sp³-hybridized carbons (Fsp3) is 0.158. The summed E-state index contributed by atoms with van der Waals surface area (Å²) in [5.74, 6) is -0.144. The van der Waals surface area contributed by atoms with Gasteiger partial charge in [0.25, 0.3) is 5.56 Å². The lowest BCUT2D eigenvalue weighted by atomic mass is 10.1. The summed E-state index contributed by atoms with van der Waals surface area (Å²) in [4.78, 5) is 34.7. The molecule has 0 aliphatic carbocycles. The van der Waals surface area contributed by atoms with Gasteiger partial charge < -0.3 is 10.3 Å². The van der Waals surface area contributed by atoms with Gasteiger partial charge in [0.2, 0.25) is 5.91 Å². The van der Waals surface area contributed by atoms with E-state index in [1.165, 1.54) is 12.1 Å². The van der Waals surface area contributed by atoms with Crippen LogP contribution in [0.1, 0.15) is 17.7 Å². The Morgan fingerprint density at radius 2 is 1.92 bits per heavy atom. The van der Waals surface area contributed by atoms with Crippen molar-refractivity contribution in [2.24, 2.45) is 0 Å². The number of hydrogen-bond acceptors (Lipinski definition) is 4. The number of aromatic amines is 1. The molecular formula is C19H17FN4O2. The van der Waals surface area contributed by atoms with Crippen molar-refractivity contribution in [2.75, 3.05) is 0 Å². The summed E-state index contributed by atoms with van der Waals surface area (Å²) in [6.07, 6.45) is 3.67. The SMILES string of the molecule is O=C(CCc1ccccc1F)NCc1cc(=O)[nH]c(-c2ccncc2)n1. The Morgan fingerprint density at radius 3 is 2.69 bits per heavy atom. The maximum atomic E-state index is 13.6. The van der Waals surface area contributed by atoms with Gasteiger partial charge in [-0.3, -0.25) is 14.6 Å². The summed E-state index contributed by atoms with van der Waals surface area (Å²) in [5, 5.41) is 2.71. The third-order valence-electron chi connectivity index (χ3n) is 3.79. The lowest BCUT2D eigenvalue weighted by Crippen LogP contribution is -2.25. The van der Waals surface area contributed by atoms with Gasteiger partial charge in [-0.05, 0) is 30.2 Å². The molecular weight excluding hydrogens is 335 g/mol. The van der Waals surface area contributed by atoms with Crippen LogP contribution in [-0.2, 0) is 17.8 Å². The molecule has 7 heteroatoms. The van der Waals surface area contributed by atoms with Crippen LogP contribution in [-0.4, -0.2) is 20.9 Å². The highest BCUT2D eigenvalue weighted by atomic mass is 19.1. The predicted octanol–water partition coefficient (Wildman–Crippen LogP) is 2.22. The number of nitrogens with zero attached hydrogens (tertiary/aromatic N) is 2. The number of hydrogen-bond donors (Lipinski definition) is 2. The van der Waals surface area contributed by atoms with E-state index in [1.54, 1.807) is 42.7 Å². The third kappa shape index (κ3) is 4.60. The molecule has 0 bridgehead atoms. The number of H-pyrrole nitrogens is 1. The molecule has 0 atom stereocenters. The minimum atomic E-state index is -0.321. The number of benzene rings is 1. The molecule has 3 rings (SSSR count). The van der Waals surface area contributed by atoms with Crippen molar-refractivity contribution >= 4 is 5.91 Å². The topological polar surface area (TPSA) is 87.7 Å². The summed E-state index contributed by atoms with van der Waals surface area (Å²) < 4.78 is 13.6. The quantitative estimate of drug-likeness (QED) is 0.712. The molecule has 26 heavy (non-hydrogen) atoms. The Bertz CT molecular complexity index is 957. The Morgan fingerprint density at radius 1 is 1.15 bits per heavy atom. The highest BCUT2D eigenvalue weighted by molar-refractivity contribution is 5.76. The molecule has 6 nitrogen and oxygen atoms in total. The van der Waals surface area contributed by atoms with E-state index < -0.39 is 0 Å². The van der Waals surface area contributed by atoms with Crippen molar-refractivity contribution in [3.05, 3.63) is 82.3 Å². The average Bonchev–Trinajstić information content (AvgIpc) is 2.66. The predicted molar refractivity (Wildman–Crippen MR) is 94.7 cm³/mol. The number of amides is 1. The van der Waals surface area contributed by atoms with Crippen LogP contribution in [0.2, 0.25) is 0 Å². The van der Waals surface area contributed by atoms with E-state index in [1.807, 2.05) is 0 Å². The molecule has 2 aromatic heterocycles. The van der Waals surface area contributed by atoms with Gasteiger partial charge in [0.05, 0.1) is 12.2 Å². The third-order valence-corrected chi connectivity index (χ3v) is 3.79. The number of carbonyl (C=O) groups excluding carboxylic acids is 1. The first kappa shape index (κ1) is 17.5. The first-order valence-corrected chi connectivity index (χ1v) is 8.12. The van der Waals surface area contributed by atoms with Crippen molar-refractivity contribution in [3.63, 3.8) is 0 Å². The Labute approximate surface area is 149 Å². The van der Waals surface area contributed by atoms with Crippen LogP contribution in [0.4, 0.5) is 4.39 Å². The first-order chi connectivity index (χ1) is 12.6. The fourth-order valence-electron chi connectivity index (χ4n) is 2.47. The van der Waals surface area contributed by atoms with Gasteiger partial charge >= 0.3 is 0 Å². The standard InChI is InChI=1S/C19H17FN4O2/c20-16-4-2-1-3-13(16)5-6-17(25)22-12-15-11-18(26)24-19(23-15)14-7-9-21-10-8-14/h1-4,7-11H,5-6,12H2,(H,22,25)(H,23,24,26). The number of nitrogens with one attached hydrogen (secondary N) is 2. The van der Waals surface area contributed by atoms with E-state index >= 15 is 0 Å². The summed E-state index contributed by atoms with van der Waals surface area (Å²) in [5.41, 5.74) is 1.36. The summed E-state index contributed by atoms with van der Waals surface area (Å²) in [6, 6.07) is 11.2. The molecule has 132 valence electrons. The number of aromatic nitrogens is 3. The summed E-state index contributed by atoms with van der Waals surface area (Å²) in [7, 11) is 0. The number of aryl methyl sites for hydroxylation is 1. The number of carbonyl (C=O) groups is 1. The Kier molecular flexibility index (Phi) is 5.48. The smallest absolute Gasteiger partial charge is 0.251 e. The van der Waals surface area contributed by atoms with Crippen LogP contribution >= 0.6 is 0 Å². The molecule has 2 N–H and O–H groups in total. The molecule has 0 saturated heterocycles. The highest BCUT2D eigenvalue weighted by Crippen LogP contribution is 2.12. The fourth-order valence-corrected chi connectivity index (χ4v) is 2.47. The number of pyridine rings is 1. The maximum absolute atomic E-state index is 13.6.